The third kappa shape index (κ3) is 4.24. The van der Waals surface area contributed by atoms with Gasteiger partial charge in [-0.15, -0.1) is 0 Å². The second-order valence-corrected chi connectivity index (χ2v) is 9.23. The SMILES string of the molecule is COc1ccc(Cn2c(=O)c3c(N)n(-c4ccccc4C)nc3c3cc(OC)c(OC(C)C)cc32)cc1. The molecule has 37 heavy (non-hydrogen) atoms. The molecule has 190 valence electrons. The number of methoxy groups -OCH3 is 2. The van der Waals surface area contributed by atoms with E-state index >= 15 is 0 Å². The first-order chi connectivity index (χ1) is 17.8. The first kappa shape index (κ1) is 24.2. The van der Waals surface area contributed by atoms with E-state index in [1.54, 1.807) is 23.5 Å². The maximum atomic E-state index is 14.0. The van der Waals surface area contributed by atoms with Gasteiger partial charge in [-0.25, -0.2) is 4.68 Å². The molecule has 0 aliphatic heterocycles. The highest BCUT2D eigenvalue weighted by Crippen LogP contribution is 2.37. The summed E-state index contributed by atoms with van der Waals surface area (Å²) in [6.07, 6.45) is -0.0762. The molecule has 0 atom stereocenters. The Morgan fingerprint density at radius 2 is 1.70 bits per heavy atom. The molecule has 0 aliphatic rings. The molecule has 2 heterocycles. The largest absolute Gasteiger partial charge is 0.497 e. The van der Waals surface area contributed by atoms with Crippen molar-refractivity contribution in [2.45, 2.75) is 33.4 Å². The number of para-hydroxylation sites is 1. The Balaban J connectivity index is 1.84. The van der Waals surface area contributed by atoms with Gasteiger partial charge in [-0.05, 0) is 56.2 Å². The van der Waals surface area contributed by atoms with Crippen molar-refractivity contribution < 1.29 is 14.2 Å². The summed E-state index contributed by atoms with van der Waals surface area (Å²) < 4.78 is 20.4. The van der Waals surface area contributed by atoms with Crippen LogP contribution in [0.4, 0.5) is 5.82 Å². The number of hydrogen-bond donors (Lipinski definition) is 1. The number of nitrogens with two attached hydrogens (primary N) is 1. The summed E-state index contributed by atoms with van der Waals surface area (Å²) in [6, 6.07) is 19.2. The minimum atomic E-state index is -0.226. The Hall–Kier alpha value is -4.46. The maximum Gasteiger partial charge on any atom is 0.264 e. The predicted octanol–water partition coefficient (Wildman–Crippen LogP) is 5.08. The van der Waals surface area contributed by atoms with Crippen LogP contribution in [-0.2, 0) is 6.54 Å². The lowest BCUT2D eigenvalue weighted by Crippen LogP contribution is -2.22. The highest BCUT2D eigenvalue weighted by Gasteiger charge is 2.22. The molecule has 0 spiro atoms. The van der Waals surface area contributed by atoms with Crippen LogP contribution in [-0.4, -0.2) is 34.7 Å². The zero-order valence-electron chi connectivity index (χ0n) is 21.6. The molecule has 0 bridgehead atoms. The second-order valence-electron chi connectivity index (χ2n) is 9.23. The van der Waals surface area contributed by atoms with Crippen LogP contribution in [0.15, 0.2) is 65.5 Å². The zero-order chi connectivity index (χ0) is 26.3. The number of ether oxygens (including phenoxy) is 3. The van der Waals surface area contributed by atoms with Gasteiger partial charge in [0, 0.05) is 11.5 Å². The Morgan fingerprint density at radius 3 is 2.35 bits per heavy atom. The summed E-state index contributed by atoms with van der Waals surface area (Å²) in [4.78, 5) is 14.0. The lowest BCUT2D eigenvalue weighted by atomic mass is 10.1. The molecule has 0 radical (unpaired) electrons. The molecule has 0 saturated carbocycles. The van der Waals surface area contributed by atoms with Crippen molar-refractivity contribution in [3.8, 4) is 22.9 Å². The quantitative estimate of drug-likeness (QED) is 0.336. The molecule has 2 N–H and O–H groups in total. The molecule has 5 rings (SSSR count). The molecule has 0 aliphatic carbocycles. The Morgan fingerprint density at radius 1 is 0.973 bits per heavy atom. The molecular formula is C29H30N4O4. The monoisotopic (exact) mass is 498 g/mol. The third-order valence-corrected chi connectivity index (χ3v) is 6.41. The fraction of sp³-hybridized carbons (Fsp3) is 0.241. The fourth-order valence-electron chi connectivity index (χ4n) is 4.60. The number of benzene rings is 3. The number of nitrogen functional groups attached to an aromatic ring is 1. The van der Waals surface area contributed by atoms with Crippen molar-refractivity contribution in [3.05, 3.63) is 82.1 Å². The van der Waals surface area contributed by atoms with Gasteiger partial charge in [0.1, 0.15) is 22.5 Å². The van der Waals surface area contributed by atoms with Crippen molar-refractivity contribution in [1.29, 1.82) is 0 Å². The average Bonchev–Trinajstić information content (AvgIpc) is 3.23. The predicted molar refractivity (Wildman–Crippen MR) is 146 cm³/mol. The normalized spacial score (nSPS) is 11.4. The van der Waals surface area contributed by atoms with Crippen LogP contribution >= 0.6 is 0 Å². The topological polar surface area (TPSA) is 93.5 Å². The van der Waals surface area contributed by atoms with Crippen LogP contribution in [0.3, 0.4) is 0 Å². The summed E-state index contributed by atoms with van der Waals surface area (Å²) in [5.74, 6) is 2.15. The average molecular weight is 499 g/mol. The van der Waals surface area contributed by atoms with E-state index in [9.17, 15) is 4.79 Å². The summed E-state index contributed by atoms with van der Waals surface area (Å²) in [7, 11) is 3.22. The van der Waals surface area contributed by atoms with Crippen LogP contribution in [0.5, 0.6) is 17.2 Å². The van der Waals surface area contributed by atoms with Crippen molar-refractivity contribution in [2.24, 2.45) is 0 Å². The molecule has 3 aromatic carbocycles. The van der Waals surface area contributed by atoms with Crippen LogP contribution in [0.25, 0.3) is 27.5 Å². The van der Waals surface area contributed by atoms with Crippen molar-refractivity contribution in [1.82, 2.24) is 14.3 Å². The summed E-state index contributed by atoms with van der Waals surface area (Å²) in [6.45, 7) is 6.21. The van der Waals surface area contributed by atoms with E-state index in [0.29, 0.717) is 40.3 Å². The molecule has 0 unspecified atom stereocenters. The smallest absolute Gasteiger partial charge is 0.264 e. The van der Waals surface area contributed by atoms with Gasteiger partial charge in [0.05, 0.1) is 38.1 Å². The minimum absolute atomic E-state index is 0.0762. The number of anilines is 1. The Kier molecular flexibility index (Phi) is 6.25. The lowest BCUT2D eigenvalue weighted by Gasteiger charge is -2.17. The van der Waals surface area contributed by atoms with Gasteiger partial charge < -0.3 is 24.5 Å². The van der Waals surface area contributed by atoms with Crippen molar-refractivity contribution in [2.75, 3.05) is 20.0 Å². The summed E-state index contributed by atoms with van der Waals surface area (Å²) in [5, 5.41) is 5.94. The number of nitrogens with zero attached hydrogens (tertiary/aromatic N) is 3. The molecule has 5 aromatic rings. The molecule has 8 nitrogen and oxygen atoms in total. The standard InChI is InChI=1S/C29H30N4O4/c1-17(2)37-25-15-23-21(14-24(25)36-5)27-26(28(30)33(31-27)22-9-7-6-8-18(22)3)29(34)32(23)16-19-10-12-20(35-4)13-11-19/h6-15,17H,16,30H2,1-5H3. The van der Waals surface area contributed by atoms with Gasteiger partial charge in [0.15, 0.2) is 11.5 Å². The van der Waals surface area contributed by atoms with E-state index in [0.717, 1.165) is 28.0 Å². The lowest BCUT2D eigenvalue weighted by molar-refractivity contribution is 0.230. The van der Waals surface area contributed by atoms with Gasteiger partial charge >= 0.3 is 0 Å². The number of aryl methyl sites for hydroxylation is 1. The first-order valence-corrected chi connectivity index (χ1v) is 12.1. The number of aromatic nitrogens is 3. The van der Waals surface area contributed by atoms with Gasteiger partial charge in [0.2, 0.25) is 0 Å². The van der Waals surface area contributed by atoms with Crippen LogP contribution in [0.2, 0.25) is 0 Å². The number of fused-ring (bicyclic) bond motifs is 3. The number of rotatable bonds is 7. The summed E-state index contributed by atoms with van der Waals surface area (Å²) >= 11 is 0. The van der Waals surface area contributed by atoms with Crippen molar-refractivity contribution in [3.63, 3.8) is 0 Å². The first-order valence-electron chi connectivity index (χ1n) is 12.1. The van der Waals surface area contributed by atoms with Crippen molar-refractivity contribution >= 4 is 27.6 Å². The Bertz CT molecular complexity index is 1670. The van der Waals surface area contributed by atoms with Gasteiger partial charge in [0.25, 0.3) is 5.56 Å². The van der Waals surface area contributed by atoms with Gasteiger partial charge in [-0.2, -0.15) is 5.10 Å². The van der Waals surface area contributed by atoms with Gasteiger partial charge in [-0.3, -0.25) is 4.79 Å². The fourth-order valence-corrected chi connectivity index (χ4v) is 4.60. The van der Waals surface area contributed by atoms with E-state index in [4.69, 9.17) is 25.0 Å². The van der Waals surface area contributed by atoms with E-state index in [1.165, 1.54) is 0 Å². The second kappa shape index (κ2) is 9.54. The highest BCUT2D eigenvalue weighted by molar-refractivity contribution is 6.08. The third-order valence-electron chi connectivity index (χ3n) is 6.41. The molecule has 0 saturated heterocycles. The van der Waals surface area contributed by atoms with E-state index in [-0.39, 0.29) is 11.7 Å². The molecule has 0 fully saturated rings. The minimum Gasteiger partial charge on any atom is -0.497 e. The summed E-state index contributed by atoms with van der Waals surface area (Å²) in [5.41, 5.74) is 10.3. The molecular weight excluding hydrogens is 468 g/mol. The highest BCUT2D eigenvalue weighted by atomic mass is 16.5. The van der Waals surface area contributed by atoms with Crippen LogP contribution < -0.4 is 25.5 Å². The van der Waals surface area contributed by atoms with Crippen LogP contribution in [0.1, 0.15) is 25.0 Å². The molecule has 2 aromatic heterocycles. The van der Waals surface area contributed by atoms with E-state index in [2.05, 4.69) is 0 Å². The maximum absolute atomic E-state index is 14.0. The zero-order valence-corrected chi connectivity index (χ0v) is 21.6. The molecule has 8 heteroatoms. The number of pyridine rings is 1. The molecule has 0 amide bonds. The van der Waals surface area contributed by atoms with E-state index in [1.807, 2.05) is 81.4 Å². The number of hydrogen-bond acceptors (Lipinski definition) is 6. The van der Waals surface area contributed by atoms with Crippen LogP contribution in [0, 0.1) is 6.92 Å². The van der Waals surface area contributed by atoms with E-state index < -0.39 is 0 Å². The Labute approximate surface area is 214 Å². The van der Waals surface area contributed by atoms with Gasteiger partial charge in [-0.1, -0.05) is 30.3 Å².